The third kappa shape index (κ3) is 5.16. The van der Waals surface area contributed by atoms with Crippen molar-refractivity contribution in [2.45, 2.75) is 39.8 Å². The Morgan fingerprint density at radius 3 is 2.30 bits per heavy atom. The van der Waals surface area contributed by atoms with Crippen molar-refractivity contribution in [1.29, 1.82) is 0 Å². The third-order valence-corrected chi connectivity index (χ3v) is 5.04. The number of alkyl halides is 3. The molecule has 3 aromatic rings. The Labute approximate surface area is 187 Å². The lowest BCUT2D eigenvalue weighted by Gasteiger charge is -2.11. The molecular weight excluding hydrogens is 437 g/mol. The van der Waals surface area contributed by atoms with Gasteiger partial charge in [-0.25, -0.2) is 5.43 Å². The van der Waals surface area contributed by atoms with Crippen molar-refractivity contribution >= 4 is 28.4 Å². The number of hydrazone groups is 1. The minimum absolute atomic E-state index is 0.136. The van der Waals surface area contributed by atoms with E-state index in [-0.39, 0.29) is 35.5 Å². The Hall–Kier alpha value is -3.82. The van der Waals surface area contributed by atoms with Gasteiger partial charge >= 0.3 is 6.18 Å². The van der Waals surface area contributed by atoms with E-state index in [0.29, 0.717) is 11.1 Å². The molecule has 0 aliphatic carbocycles. The van der Waals surface area contributed by atoms with Gasteiger partial charge < -0.3 is 10.8 Å². The first kappa shape index (κ1) is 23.8. The summed E-state index contributed by atoms with van der Waals surface area (Å²) in [6.07, 6.45) is -4.89. The summed E-state index contributed by atoms with van der Waals surface area (Å²) < 4.78 is 41.5. The van der Waals surface area contributed by atoms with E-state index in [0.717, 1.165) is 23.3 Å². The molecule has 1 aromatic heterocycles. The standard InChI is InChI=1S/C23H23F3N4O3/c1-12-8-13(2)10-16(9-12)30-18-11-15(23(24,25)26)4-5-17(18)21(22(30)33)14(3)28-29-20(32)7-6-19(27)31/h4-5,8-11,33H,6-7H2,1-3H3,(H2,27,31)(H,29,32). The van der Waals surface area contributed by atoms with Crippen molar-refractivity contribution in [2.24, 2.45) is 10.8 Å². The average Bonchev–Trinajstić information content (AvgIpc) is 3.00. The van der Waals surface area contributed by atoms with Crippen LogP contribution in [-0.2, 0) is 15.8 Å². The van der Waals surface area contributed by atoms with Gasteiger partial charge in [-0.3, -0.25) is 14.2 Å². The van der Waals surface area contributed by atoms with Gasteiger partial charge in [-0.1, -0.05) is 12.1 Å². The number of amides is 2. The summed E-state index contributed by atoms with van der Waals surface area (Å²) in [5.74, 6) is -1.52. The van der Waals surface area contributed by atoms with E-state index < -0.39 is 23.6 Å². The number of primary amides is 1. The number of nitrogens with two attached hydrogens (primary N) is 1. The number of carbonyl (C=O) groups excluding carboxylic acids is 2. The van der Waals surface area contributed by atoms with E-state index in [1.165, 1.54) is 17.6 Å². The Kier molecular flexibility index (Phi) is 6.48. The van der Waals surface area contributed by atoms with Gasteiger partial charge in [0.05, 0.1) is 22.4 Å². The van der Waals surface area contributed by atoms with Crippen molar-refractivity contribution in [3.63, 3.8) is 0 Å². The molecule has 0 unspecified atom stereocenters. The van der Waals surface area contributed by atoms with Gasteiger partial charge in [0.1, 0.15) is 0 Å². The first-order valence-corrected chi connectivity index (χ1v) is 10.0. The molecule has 2 aromatic carbocycles. The van der Waals surface area contributed by atoms with Gasteiger partial charge in [-0.2, -0.15) is 18.3 Å². The second-order valence-electron chi connectivity index (χ2n) is 7.81. The summed E-state index contributed by atoms with van der Waals surface area (Å²) in [7, 11) is 0. The molecule has 174 valence electrons. The molecular formula is C23H23F3N4O3. The molecule has 0 saturated heterocycles. The summed E-state index contributed by atoms with van der Waals surface area (Å²) in [6.45, 7) is 5.19. The molecule has 3 rings (SSSR count). The Morgan fingerprint density at radius 1 is 1.09 bits per heavy atom. The molecule has 0 fully saturated rings. The predicted octanol–water partition coefficient (Wildman–Crippen LogP) is 4.08. The van der Waals surface area contributed by atoms with Crippen LogP contribution in [0, 0.1) is 13.8 Å². The van der Waals surface area contributed by atoms with Crippen molar-refractivity contribution in [3.8, 4) is 11.6 Å². The van der Waals surface area contributed by atoms with Crippen LogP contribution in [0.3, 0.4) is 0 Å². The SMILES string of the molecule is CC(=NNC(=O)CCC(N)=O)c1c(O)n(-c2cc(C)cc(C)c2)c2cc(C(F)(F)F)ccc12. The average molecular weight is 460 g/mol. The Balaban J connectivity index is 2.18. The lowest BCUT2D eigenvalue weighted by atomic mass is 10.1. The normalized spacial score (nSPS) is 12.2. The molecule has 10 heteroatoms. The number of carbonyl (C=O) groups is 2. The fraction of sp³-hybridized carbons (Fsp3) is 0.261. The van der Waals surface area contributed by atoms with Crippen LogP contribution in [0.25, 0.3) is 16.6 Å². The van der Waals surface area contributed by atoms with Crippen molar-refractivity contribution in [1.82, 2.24) is 9.99 Å². The summed E-state index contributed by atoms with van der Waals surface area (Å²) in [5, 5.41) is 15.4. The molecule has 0 radical (unpaired) electrons. The molecule has 2 amide bonds. The molecule has 0 aliphatic heterocycles. The maximum Gasteiger partial charge on any atom is 0.416 e. The maximum atomic E-state index is 13.4. The monoisotopic (exact) mass is 460 g/mol. The zero-order chi connectivity index (χ0) is 24.5. The van der Waals surface area contributed by atoms with Crippen LogP contribution in [0.1, 0.15) is 42.0 Å². The van der Waals surface area contributed by atoms with Crippen LogP contribution in [-0.4, -0.2) is 27.2 Å². The number of aromatic nitrogens is 1. The van der Waals surface area contributed by atoms with E-state index in [9.17, 15) is 27.9 Å². The smallest absolute Gasteiger partial charge is 0.416 e. The van der Waals surface area contributed by atoms with E-state index in [1.54, 1.807) is 12.1 Å². The number of nitrogens with zero attached hydrogens (tertiary/aromatic N) is 2. The van der Waals surface area contributed by atoms with Crippen LogP contribution < -0.4 is 11.2 Å². The first-order valence-electron chi connectivity index (χ1n) is 10.0. The summed E-state index contributed by atoms with van der Waals surface area (Å²) in [5.41, 5.74) is 9.14. The first-order chi connectivity index (χ1) is 15.4. The molecule has 0 spiro atoms. The van der Waals surface area contributed by atoms with Crippen LogP contribution >= 0.6 is 0 Å². The van der Waals surface area contributed by atoms with E-state index >= 15 is 0 Å². The number of benzene rings is 2. The van der Waals surface area contributed by atoms with Gasteiger partial charge in [0, 0.05) is 23.9 Å². The highest BCUT2D eigenvalue weighted by atomic mass is 19.4. The van der Waals surface area contributed by atoms with Gasteiger partial charge in [0.15, 0.2) is 0 Å². The van der Waals surface area contributed by atoms with E-state index in [2.05, 4.69) is 10.5 Å². The number of rotatable bonds is 6. The van der Waals surface area contributed by atoms with Crippen LogP contribution in [0.4, 0.5) is 13.2 Å². The summed E-state index contributed by atoms with van der Waals surface area (Å²) in [4.78, 5) is 22.7. The molecule has 1 heterocycles. The number of halogens is 3. The highest BCUT2D eigenvalue weighted by molar-refractivity contribution is 6.13. The predicted molar refractivity (Wildman–Crippen MR) is 118 cm³/mol. The fourth-order valence-corrected chi connectivity index (χ4v) is 3.64. The summed E-state index contributed by atoms with van der Waals surface area (Å²) >= 11 is 0. The molecule has 33 heavy (non-hydrogen) atoms. The third-order valence-electron chi connectivity index (χ3n) is 5.04. The second-order valence-corrected chi connectivity index (χ2v) is 7.81. The lowest BCUT2D eigenvalue weighted by Crippen LogP contribution is -2.21. The number of nitrogens with one attached hydrogen (secondary N) is 1. The van der Waals surface area contributed by atoms with Gasteiger partial charge in [-0.05, 0) is 56.2 Å². The highest BCUT2D eigenvalue weighted by Crippen LogP contribution is 2.39. The number of fused-ring (bicyclic) bond motifs is 1. The fourth-order valence-electron chi connectivity index (χ4n) is 3.64. The molecule has 0 aliphatic rings. The molecule has 0 saturated carbocycles. The number of aromatic hydroxyl groups is 1. The maximum absolute atomic E-state index is 13.4. The molecule has 4 N–H and O–H groups in total. The topological polar surface area (TPSA) is 110 Å². The quantitative estimate of drug-likeness (QED) is 0.381. The van der Waals surface area contributed by atoms with Crippen LogP contribution in [0.15, 0.2) is 41.5 Å². The largest absolute Gasteiger partial charge is 0.494 e. The molecule has 0 bridgehead atoms. The zero-order valence-corrected chi connectivity index (χ0v) is 18.2. The minimum Gasteiger partial charge on any atom is -0.494 e. The Morgan fingerprint density at radius 2 is 1.73 bits per heavy atom. The van der Waals surface area contributed by atoms with E-state index in [4.69, 9.17) is 5.73 Å². The van der Waals surface area contributed by atoms with Crippen LogP contribution in [0.2, 0.25) is 0 Å². The number of hydrogen-bond donors (Lipinski definition) is 3. The zero-order valence-electron chi connectivity index (χ0n) is 18.2. The highest BCUT2D eigenvalue weighted by Gasteiger charge is 2.32. The molecule has 7 nitrogen and oxygen atoms in total. The Bertz CT molecular complexity index is 1260. The van der Waals surface area contributed by atoms with Crippen molar-refractivity contribution in [3.05, 3.63) is 58.7 Å². The minimum atomic E-state index is -4.57. The van der Waals surface area contributed by atoms with Gasteiger partial charge in [0.25, 0.3) is 0 Å². The second kappa shape index (κ2) is 8.97. The van der Waals surface area contributed by atoms with Gasteiger partial charge in [-0.15, -0.1) is 0 Å². The lowest BCUT2D eigenvalue weighted by molar-refractivity contribution is -0.137. The number of hydrogen-bond acceptors (Lipinski definition) is 4. The molecule has 0 atom stereocenters. The summed E-state index contributed by atoms with van der Waals surface area (Å²) in [6, 6.07) is 8.55. The van der Waals surface area contributed by atoms with Crippen molar-refractivity contribution < 1.29 is 27.9 Å². The van der Waals surface area contributed by atoms with Gasteiger partial charge in [0.2, 0.25) is 17.7 Å². The van der Waals surface area contributed by atoms with Crippen LogP contribution in [0.5, 0.6) is 5.88 Å². The number of aryl methyl sites for hydroxylation is 2. The van der Waals surface area contributed by atoms with Crippen molar-refractivity contribution in [2.75, 3.05) is 0 Å². The van der Waals surface area contributed by atoms with E-state index in [1.807, 2.05) is 19.9 Å².